The summed E-state index contributed by atoms with van der Waals surface area (Å²) in [5.74, 6) is 2.06. The van der Waals surface area contributed by atoms with Crippen LogP contribution >= 0.6 is 0 Å². The third-order valence-electron chi connectivity index (χ3n) is 4.62. The third-order valence-corrected chi connectivity index (χ3v) is 6.52. The van der Waals surface area contributed by atoms with Crippen molar-refractivity contribution in [2.24, 2.45) is 0 Å². The molecule has 0 saturated carbocycles. The molecule has 2 heterocycles. The summed E-state index contributed by atoms with van der Waals surface area (Å²) in [5, 5.41) is 0. The number of piperidine rings is 1. The van der Waals surface area contributed by atoms with Crippen LogP contribution in [0.2, 0.25) is 0 Å². The van der Waals surface area contributed by atoms with Gasteiger partial charge in [-0.3, -0.25) is 0 Å². The van der Waals surface area contributed by atoms with Crippen molar-refractivity contribution in [3.05, 3.63) is 35.8 Å². The summed E-state index contributed by atoms with van der Waals surface area (Å²) < 4.78 is 43.8. The minimum Gasteiger partial charge on any atom is -0.493 e. The molecule has 0 aliphatic carbocycles. The molecule has 1 aromatic carbocycles. The van der Waals surface area contributed by atoms with Gasteiger partial charge < -0.3 is 14.2 Å². The van der Waals surface area contributed by atoms with Crippen LogP contribution in [0.25, 0.3) is 0 Å². The molecule has 1 aromatic heterocycles. The van der Waals surface area contributed by atoms with Gasteiger partial charge >= 0.3 is 0 Å². The zero-order valence-electron chi connectivity index (χ0n) is 16.5. The molecule has 0 spiro atoms. The van der Waals surface area contributed by atoms with Gasteiger partial charge in [0.15, 0.2) is 11.5 Å². The fourth-order valence-electron chi connectivity index (χ4n) is 3.23. The van der Waals surface area contributed by atoms with Gasteiger partial charge in [0.05, 0.1) is 19.1 Å². The Labute approximate surface area is 165 Å². The lowest BCUT2D eigenvalue weighted by atomic mass is 10.1. The highest BCUT2D eigenvalue weighted by atomic mass is 32.2. The molecule has 0 bridgehead atoms. The monoisotopic (exact) mass is 407 g/mol. The predicted octanol–water partition coefficient (Wildman–Crippen LogP) is 2.34. The molecule has 1 saturated heterocycles. The lowest BCUT2D eigenvalue weighted by molar-refractivity contribution is 0.129. The van der Waals surface area contributed by atoms with Crippen LogP contribution < -0.4 is 14.2 Å². The smallest absolute Gasteiger partial charge is 0.243 e. The van der Waals surface area contributed by atoms with Gasteiger partial charge in [0, 0.05) is 30.9 Å². The van der Waals surface area contributed by atoms with E-state index >= 15 is 0 Å². The summed E-state index contributed by atoms with van der Waals surface area (Å²) in [7, 11) is -0.622. The highest BCUT2D eigenvalue weighted by Gasteiger charge is 2.31. The van der Waals surface area contributed by atoms with Crippen molar-refractivity contribution in [1.82, 2.24) is 14.3 Å². The van der Waals surface area contributed by atoms with Gasteiger partial charge in [-0.1, -0.05) is 0 Å². The lowest BCUT2D eigenvalue weighted by Crippen LogP contribution is -2.41. The summed E-state index contributed by atoms with van der Waals surface area (Å²) in [6.07, 6.45) is 1.11. The predicted molar refractivity (Wildman–Crippen MR) is 103 cm³/mol. The van der Waals surface area contributed by atoms with Crippen molar-refractivity contribution < 1.29 is 22.6 Å². The van der Waals surface area contributed by atoms with Crippen LogP contribution in [-0.4, -0.2) is 56.1 Å². The highest BCUT2D eigenvalue weighted by Crippen LogP contribution is 2.31. The first kappa shape index (κ1) is 20.3. The molecule has 0 amide bonds. The molecule has 0 radical (unpaired) electrons. The second-order valence-electron chi connectivity index (χ2n) is 6.63. The van der Waals surface area contributed by atoms with Crippen LogP contribution in [0.15, 0.2) is 29.2 Å². The van der Waals surface area contributed by atoms with E-state index in [0.717, 1.165) is 5.69 Å². The summed E-state index contributed by atoms with van der Waals surface area (Å²) in [4.78, 5) is 8.71. The molecule has 28 heavy (non-hydrogen) atoms. The molecular formula is C19H25N3O5S. The number of hydrogen-bond donors (Lipinski definition) is 0. The van der Waals surface area contributed by atoms with E-state index < -0.39 is 10.0 Å². The molecule has 3 rings (SSSR count). The van der Waals surface area contributed by atoms with Crippen molar-refractivity contribution in [2.45, 2.75) is 37.7 Å². The maximum atomic E-state index is 13.0. The van der Waals surface area contributed by atoms with E-state index in [1.54, 1.807) is 12.1 Å². The standard InChI is InChI=1S/C19H25N3O5S/c1-13-11-19(21-14(2)20-13)27-15-7-9-22(10-8-15)28(23,24)16-5-6-17(25-3)18(12-16)26-4/h5-6,11-12,15H,7-10H2,1-4H3. The number of rotatable bonds is 6. The van der Waals surface area contributed by atoms with Crippen LogP contribution in [0.3, 0.4) is 0 Å². The van der Waals surface area contributed by atoms with Crippen LogP contribution in [0.5, 0.6) is 17.4 Å². The quantitative estimate of drug-likeness (QED) is 0.726. The fourth-order valence-corrected chi connectivity index (χ4v) is 4.72. The first-order chi connectivity index (χ1) is 13.3. The Balaban J connectivity index is 1.68. The number of aromatic nitrogens is 2. The summed E-state index contributed by atoms with van der Waals surface area (Å²) in [5.41, 5.74) is 0.843. The third kappa shape index (κ3) is 4.36. The number of methoxy groups -OCH3 is 2. The molecule has 152 valence electrons. The van der Waals surface area contributed by atoms with Crippen LogP contribution in [-0.2, 0) is 10.0 Å². The number of sulfonamides is 1. The first-order valence-corrected chi connectivity index (χ1v) is 10.5. The molecule has 0 atom stereocenters. The zero-order chi connectivity index (χ0) is 20.3. The molecule has 1 aliphatic heterocycles. The minimum atomic E-state index is -3.61. The molecule has 8 nitrogen and oxygen atoms in total. The van der Waals surface area contributed by atoms with E-state index in [1.807, 2.05) is 13.8 Å². The van der Waals surface area contributed by atoms with E-state index in [2.05, 4.69) is 9.97 Å². The van der Waals surface area contributed by atoms with Crippen LogP contribution in [0, 0.1) is 13.8 Å². The van der Waals surface area contributed by atoms with E-state index in [-0.39, 0.29) is 11.0 Å². The van der Waals surface area contributed by atoms with E-state index in [0.29, 0.717) is 49.1 Å². The number of nitrogens with zero attached hydrogens (tertiary/aromatic N) is 3. The van der Waals surface area contributed by atoms with Crippen molar-refractivity contribution in [2.75, 3.05) is 27.3 Å². The highest BCUT2D eigenvalue weighted by molar-refractivity contribution is 7.89. The molecular weight excluding hydrogens is 382 g/mol. The summed E-state index contributed by atoms with van der Waals surface area (Å²) >= 11 is 0. The molecule has 9 heteroatoms. The Bertz CT molecular complexity index is 920. The van der Waals surface area contributed by atoms with Gasteiger partial charge in [-0.05, 0) is 38.8 Å². The number of aryl methyl sites for hydroxylation is 2. The Morgan fingerprint density at radius 1 is 1.00 bits per heavy atom. The fraction of sp³-hybridized carbons (Fsp3) is 0.474. The van der Waals surface area contributed by atoms with Crippen molar-refractivity contribution >= 4 is 10.0 Å². The van der Waals surface area contributed by atoms with Gasteiger partial charge in [0.2, 0.25) is 15.9 Å². The maximum absolute atomic E-state index is 13.0. The molecule has 1 fully saturated rings. The topological polar surface area (TPSA) is 90.9 Å². The molecule has 1 aliphatic rings. The van der Waals surface area contributed by atoms with Gasteiger partial charge in [0.25, 0.3) is 0 Å². The number of hydrogen-bond acceptors (Lipinski definition) is 7. The number of benzene rings is 1. The summed E-state index contributed by atoms with van der Waals surface area (Å²) in [6, 6.07) is 6.41. The largest absolute Gasteiger partial charge is 0.493 e. The molecule has 0 N–H and O–H groups in total. The average Bonchev–Trinajstić information content (AvgIpc) is 2.67. The van der Waals surface area contributed by atoms with Crippen LogP contribution in [0.1, 0.15) is 24.4 Å². The van der Waals surface area contributed by atoms with Gasteiger partial charge in [-0.25, -0.2) is 13.4 Å². The first-order valence-electron chi connectivity index (χ1n) is 9.04. The van der Waals surface area contributed by atoms with E-state index in [9.17, 15) is 8.42 Å². The normalized spacial score (nSPS) is 16.0. The Hall–Kier alpha value is -2.39. The van der Waals surface area contributed by atoms with Crippen LogP contribution in [0.4, 0.5) is 0 Å². The Morgan fingerprint density at radius 2 is 1.68 bits per heavy atom. The second-order valence-corrected chi connectivity index (χ2v) is 8.57. The lowest BCUT2D eigenvalue weighted by Gasteiger charge is -2.31. The molecule has 2 aromatic rings. The van der Waals surface area contributed by atoms with Crippen molar-refractivity contribution in [3.63, 3.8) is 0 Å². The SMILES string of the molecule is COc1ccc(S(=O)(=O)N2CCC(Oc3cc(C)nc(C)n3)CC2)cc1OC. The van der Waals surface area contributed by atoms with Gasteiger partial charge in [-0.2, -0.15) is 9.29 Å². The maximum Gasteiger partial charge on any atom is 0.243 e. The number of ether oxygens (including phenoxy) is 3. The minimum absolute atomic E-state index is 0.0782. The van der Waals surface area contributed by atoms with Crippen molar-refractivity contribution in [1.29, 1.82) is 0 Å². The van der Waals surface area contributed by atoms with E-state index in [4.69, 9.17) is 14.2 Å². The Morgan fingerprint density at radius 3 is 2.29 bits per heavy atom. The average molecular weight is 407 g/mol. The second kappa shape index (κ2) is 8.32. The summed E-state index contributed by atoms with van der Waals surface area (Å²) in [6.45, 7) is 4.47. The van der Waals surface area contributed by atoms with Crippen molar-refractivity contribution in [3.8, 4) is 17.4 Å². The zero-order valence-corrected chi connectivity index (χ0v) is 17.3. The van der Waals surface area contributed by atoms with E-state index in [1.165, 1.54) is 30.7 Å². The van der Waals surface area contributed by atoms with Gasteiger partial charge in [-0.15, -0.1) is 0 Å². The van der Waals surface area contributed by atoms with Gasteiger partial charge in [0.1, 0.15) is 11.9 Å². The Kier molecular flexibility index (Phi) is 6.04. The molecule has 0 unspecified atom stereocenters.